The quantitative estimate of drug-likeness (QED) is 0.498. The summed E-state index contributed by atoms with van der Waals surface area (Å²) in [7, 11) is 4.15. The van der Waals surface area contributed by atoms with Gasteiger partial charge in [-0.25, -0.2) is 0 Å². The van der Waals surface area contributed by atoms with E-state index >= 15 is 0 Å². The van der Waals surface area contributed by atoms with Crippen molar-refractivity contribution in [2.45, 2.75) is 13.1 Å². The topological polar surface area (TPSA) is 28.6 Å². The fraction of sp³-hybridized carbons (Fsp3) is 0.208. The first-order valence-corrected chi connectivity index (χ1v) is 9.41. The molecule has 0 atom stereocenters. The van der Waals surface area contributed by atoms with E-state index in [1.54, 1.807) is 6.08 Å². The van der Waals surface area contributed by atoms with Gasteiger partial charge in [0.2, 0.25) is 0 Å². The van der Waals surface area contributed by atoms with Crippen LogP contribution in [-0.2, 0) is 13.1 Å². The molecule has 1 aromatic heterocycles. The summed E-state index contributed by atoms with van der Waals surface area (Å²) in [4.78, 5) is 9.25. The molecule has 0 amide bonds. The molecule has 4 nitrogen and oxygen atoms in total. The van der Waals surface area contributed by atoms with Gasteiger partial charge in [-0.1, -0.05) is 49.1 Å². The summed E-state index contributed by atoms with van der Waals surface area (Å²) in [6.45, 7) is 5.63. The third-order valence-corrected chi connectivity index (χ3v) is 4.47. The number of pyridine rings is 1. The van der Waals surface area contributed by atoms with E-state index in [1.165, 1.54) is 0 Å². The maximum atomic E-state index is 5.82. The monoisotopic (exact) mass is 373 g/mol. The van der Waals surface area contributed by atoms with E-state index in [1.807, 2.05) is 48.5 Å². The molecular formula is C24H27N3O. The molecule has 28 heavy (non-hydrogen) atoms. The Hall–Kier alpha value is -3.27. The summed E-state index contributed by atoms with van der Waals surface area (Å²) < 4.78 is 5.82. The molecule has 0 aliphatic heterocycles. The Balaban J connectivity index is 1.81. The standard InChI is InChI=1S/C24H27N3O/c1-4-15-28-24-16-20(18-26(2)22-11-7-5-8-12-22)25-21(17-24)19-27(3)23-13-9-6-10-14-23/h4-14,16-17H,1,15,18-19H2,2-3H3. The largest absolute Gasteiger partial charge is 0.489 e. The Morgan fingerprint density at radius 3 is 1.71 bits per heavy atom. The predicted octanol–water partition coefficient (Wildman–Crippen LogP) is 4.92. The van der Waals surface area contributed by atoms with Crippen molar-refractivity contribution in [3.63, 3.8) is 0 Å². The molecule has 1 heterocycles. The molecule has 0 radical (unpaired) electrons. The van der Waals surface area contributed by atoms with Crippen LogP contribution in [0.5, 0.6) is 5.75 Å². The normalized spacial score (nSPS) is 10.4. The van der Waals surface area contributed by atoms with E-state index in [-0.39, 0.29) is 0 Å². The number of anilines is 2. The number of para-hydroxylation sites is 2. The molecule has 0 spiro atoms. The van der Waals surface area contributed by atoms with Crippen LogP contribution in [0.2, 0.25) is 0 Å². The number of hydrogen-bond donors (Lipinski definition) is 0. The minimum Gasteiger partial charge on any atom is -0.489 e. The van der Waals surface area contributed by atoms with Gasteiger partial charge >= 0.3 is 0 Å². The van der Waals surface area contributed by atoms with Crippen molar-refractivity contribution in [3.05, 3.63) is 96.8 Å². The van der Waals surface area contributed by atoms with E-state index in [0.717, 1.165) is 28.5 Å². The van der Waals surface area contributed by atoms with E-state index in [4.69, 9.17) is 9.72 Å². The van der Waals surface area contributed by atoms with Crippen molar-refractivity contribution in [3.8, 4) is 5.75 Å². The van der Waals surface area contributed by atoms with Crippen LogP contribution in [0.15, 0.2) is 85.5 Å². The second kappa shape index (κ2) is 9.60. The molecule has 2 aromatic carbocycles. The highest BCUT2D eigenvalue weighted by atomic mass is 16.5. The lowest BCUT2D eigenvalue weighted by Crippen LogP contribution is -2.20. The van der Waals surface area contributed by atoms with Crippen molar-refractivity contribution >= 4 is 11.4 Å². The molecular weight excluding hydrogens is 346 g/mol. The van der Waals surface area contributed by atoms with Crippen LogP contribution >= 0.6 is 0 Å². The molecule has 0 saturated carbocycles. The summed E-state index contributed by atoms with van der Waals surface area (Å²) in [5.74, 6) is 0.822. The van der Waals surface area contributed by atoms with Gasteiger partial charge in [0.25, 0.3) is 0 Å². The van der Waals surface area contributed by atoms with Gasteiger partial charge in [0.1, 0.15) is 12.4 Å². The predicted molar refractivity (Wildman–Crippen MR) is 117 cm³/mol. The third kappa shape index (κ3) is 5.36. The van der Waals surface area contributed by atoms with Gasteiger partial charge in [-0.2, -0.15) is 0 Å². The minimum absolute atomic E-state index is 0.478. The lowest BCUT2D eigenvalue weighted by molar-refractivity contribution is 0.361. The minimum atomic E-state index is 0.478. The van der Waals surface area contributed by atoms with Crippen LogP contribution in [0.3, 0.4) is 0 Å². The van der Waals surface area contributed by atoms with Crippen molar-refractivity contribution in [1.29, 1.82) is 0 Å². The second-order valence-electron chi connectivity index (χ2n) is 6.77. The summed E-state index contributed by atoms with van der Waals surface area (Å²) in [6, 6.07) is 24.6. The van der Waals surface area contributed by atoms with Crippen molar-refractivity contribution in [2.24, 2.45) is 0 Å². The lowest BCUT2D eigenvalue weighted by Gasteiger charge is -2.22. The second-order valence-corrected chi connectivity index (χ2v) is 6.77. The lowest BCUT2D eigenvalue weighted by atomic mass is 10.2. The SMILES string of the molecule is C=CCOc1cc(CN(C)c2ccccc2)nc(CN(C)c2ccccc2)c1. The van der Waals surface area contributed by atoms with Crippen LogP contribution in [0, 0.1) is 0 Å². The molecule has 0 N–H and O–H groups in total. The van der Waals surface area contributed by atoms with Crippen LogP contribution in [0.1, 0.15) is 11.4 Å². The Labute approximate surface area is 167 Å². The first-order valence-electron chi connectivity index (χ1n) is 9.41. The molecule has 0 unspecified atom stereocenters. The summed E-state index contributed by atoms with van der Waals surface area (Å²) in [6.07, 6.45) is 1.76. The molecule has 144 valence electrons. The number of benzene rings is 2. The summed E-state index contributed by atoms with van der Waals surface area (Å²) >= 11 is 0. The molecule has 0 saturated heterocycles. The Kier molecular flexibility index (Phi) is 6.68. The smallest absolute Gasteiger partial charge is 0.123 e. The first kappa shape index (κ1) is 19.5. The fourth-order valence-corrected chi connectivity index (χ4v) is 3.05. The summed E-state index contributed by atoms with van der Waals surface area (Å²) in [5, 5.41) is 0. The first-order chi connectivity index (χ1) is 13.7. The van der Waals surface area contributed by atoms with E-state index < -0.39 is 0 Å². The Morgan fingerprint density at radius 2 is 1.29 bits per heavy atom. The molecule has 0 bridgehead atoms. The Morgan fingerprint density at radius 1 is 0.821 bits per heavy atom. The zero-order valence-electron chi connectivity index (χ0n) is 16.6. The molecule has 0 aliphatic carbocycles. The number of rotatable bonds is 9. The summed E-state index contributed by atoms with van der Waals surface area (Å²) in [5.41, 5.74) is 4.27. The van der Waals surface area contributed by atoms with Gasteiger partial charge in [-0.05, 0) is 24.3 Å². The number of ether oxygens (including phenoxy) is 1. The van der Waals surface area contributed by atoms with Gasteiger partial charge in [0, 0.05) is 37.6 Å². The van der Waals surface area contributed by atoms with Gasteiger partial charge in [0.15, 0.2) is 0 Å². The van der Waals surface area contributed by atoms with Crippen molar-refractivity contribution in [1.82, 2.24) is 4.98 Å². The highest BCUT2D eigenvalue weighted by Gasteiger charge is 2.10. The number of hydrogen-bond acceptors (Lipinski definition) is 4. The molecule has 0 fully saturated rings. The molecule has 0 aliphatic rings. The van der Waals surface area contributed by atoms with Crippen molar-refractivity contribution < 1.29 is 4.74 Å². The fourth-order valence-electron chi connectivity index (χ4n) is 3.05. The molecule has 3 rings (SSSR count). The van der Waals surface area contributed by atoms with Gasteiger partial charge < -0.3 is 14.5 Å². The van der Waals surface area contributed by atoms with E-state index in [9.17, 15) is 0 Å². The maximum absolute atomic E-state index is 5.82. The van der Waals surface area contributed by atoms with Crippen LogP contribution in [-0.4, -0.2) is 25.7 Å². The molecule has 3 aromatic rings. The average molecular weight is 374 g/mol. The van der Waals surface area contributed by atoms with Crippen molar-refractivity contribution in [2.75, 3.05) is 30.5 Å². The highest BCUT2D eigenvalue weighted by molar-refractivity contribution is 5.47. The number of nitrogens with zero attached hydrogens (tertiary/aromatic N) is 3. The zero-order chi connectivity index (χ0) is 19.8. The zero-order valence-corrected chi connectivity index (χ0v) is 16.6. The van der Waals surface area contributed by atoms with Gasteiger partial charge in [-0.3, -0.25) is 4.98 Å². The average Bonchev–Trinajstić information content (AvgIpc) is 2.73. The molecule has 4 heteroatoms. The number of aromatic nitrogens is 1. The van der Waals surface area contributed by atoms with E-state index in [2.05, 4.69) is 54.7 Å². The van der Waals surface area contributed by atoms with Gasteiger partial charge in [0.05, 0.1) is 24.5 Å². The maximum Gasteiger partial charge on any atom is 0.123 e. The highest BCUT2D eigenvalue weighted by Crippen LogP contribution is 2.21. The Bertz CT molecular complexity index is 815. The van der Waals surface area contributed by atoms with Crippen LogP contribution in [0.4, 0.5) is 11.4 Å². The van der Waals surface area contributed by atoms with Crippen LogP contribution < -0.4 is 14.5 Å². The van der Waals surface area contributed by atoms with Crippen LogP contribution in [0.25, 0.3) is 0 Å². The third-order valence-electron chi connectivity index (χ3n) is 4.47. The van der Waals surface area contributed by atoms with Gasteiger partial charge in [-0.15, -0.1) is 0 Å². The van der Waals surface area contributed by atoms with E-state index in [0.29, 0.717) is 19.7 Å².